The standard InChI is InChI=1S/C24H27F3N6O6S/c1-15(34)30-16-2-5-19(6-3-16)40(37,38)33-11-10-31(9-8-29-33)21-7-4-17(12-20(21)25)32-14-18(39-24(32)36)13-28-23(35)22(26)27/h2-7,12,18,22,29H,8-11,13-14H2,1H3,(H,28,35)(H,30,34)/t18-/m0/s1. The summed E-state index contributed by atoms with van der Waals surface area (Å²) >= 11 is 0. The van der Waals surface area contributed by atoms with Gasteiger partial charge in [-0.1, -0.05) is 0 Å². The van der Waals surface area contributed by atoms with E-state index in [2.05, 4.69) is 10.7 Å². The van der Waals surface area contributed by atoms with Gasteiger partial charge in [-0.2, -0.15) is 8.78 Å². The normalized spacial score (nSPS) is 18.4. The Morgan fingerprint density at radius 3 is 2.50 bits per heavy atom. The van der Waals surface area contributed by atoms with E-state index in [4.69, 9.17) is 4.74 Å². The highest BCUT2D eigenvalue weighted by Crippen LogP contribution is 2.28. The molecule has 40 heavy (non-hydrogen) atoms. The van der Waals surface area contributed by atoms with Gasteiger partial charge in [0, 0.05) is 38.8 Å². The third-order valence-electron chi connectivity index (χ3n) is 6.17. The van der Waals surface area contributed by atoms with Crippen LogP contribution in [-0.4, -0.2) is 82.5 Å². The molecule has 2 aromatic carbocycles. The number of sulfonamides is 1. The zero-order valence-electron chi connectivity index (χ0n) is 21.3. The number of nitrogens with zero attached hydrogens (tertiary/aromatic N) is 3. The maximum atomic E-state index is 15.2. The van der Waals surface area contributed by atoms with Gasteiger partial charge in [-0.25, -0.2) is 23.0 Å². The summed E-state index contributed by atoms with van der Waals surface area (Å²) in [6, 6.07) is 9.78. The van der Waals surface area contributed by atoms with Gasteiger partial charge in [0.25, 0.3) is 15.9 Å². The Kier molecular flexibility index (Phi) is 8.80. The van der Waals surface area contributed by atoms with E-state index in [1.54, 1.807) is 4.90 Å². The van der Waals surface area contributed by atoms with Crippen LogP contribution in [0.5, 0.6) is 0 Å². The molecular formula is C24H27F3N6O6S. The van der Waals surface area contributed by atoms with Gasteiger partial charge in [-0.3, -0.25) is 14.5 Å². The second-order valence-electron chi connectivity index (χ2n) is 8.98. The van der Waals surface area contributed by atoms with Gasteiger partial charge in [0.05, 0.1) is 29.4 Å². The lowest BCUT2D eigenvalue weighted by atomic mass is 10.2. The summed E-state index contributed by atoms with van der Waals surface area (Å²) in [5, 5.41) is 4.55. The topological polar surface area (TPSA) is 140 Å². The molecule has 3 N–H and O–H groups in total. The van der Waals surface area contributed by atoms with E-state index in [0.29, 0.717) is 5.69 Å². The van der Waals surface area contributed by atoms with Crippen molar-refractivity contribution in [1.29, 1.82) is 0 Å². The SMILES string of the molecule is CC(=O)Nc1ccc(S(=O)(=O)N2CCN(c3ccc(N4C[C@H](CNC(=O)C(F)F)OC4=O)cc3F)CCN2)cc1. The molecule has 0 radical (unpaired) electrons. The van der Waals surface area contributed by atoms with Crippen LogP contribution in [-0.2, 0) is 24.3 Å². The van der Waals surface area contributed by atoms with E-state index in [1.165, 1.54) is 43.3 Å². The van der Waals surface area contributed by atoms with Crippen molar-refractivity contribution < 1.29 is 40.7 Å². The number of alkyl halides is 2. The molecule has 0 unspecified atom stereocenters. The van der Waals surface area contributed by atoms with Gasteiger partial charge in [0.15, 0.2) is 0 Å². The number of carbonyl (C=O) groups excluding carboxylic acids is 3. The van der Waals surface area contributed by atoms with Gasteiger partial charge in [-0.05, 0) is 42.5 Å². The molecule has 0 saturated carbocycles. The Hall–Kier alpha value is -3.89. The number of ether oxygens (including phenoxy) is 1. The van der Waals surface area contributed by atoms with Crippen LogP contribution in [0, 0.1) is 5.82 Å². The Labute approximate surface area is 228 Å². The molecule has 2 aromatic rings. The average Bonchev–Trinajstić information content (AvgIpc) is 3.10. The van der Waals surface area contributed by atoms with E-state index >= 15 is 4.39 Å². The van der Waals surface area contributed by atoms with E-state index in [1.807, 2.05) is 5.32 Å². The number of rotatable bonds is 8. The minimum Gasteiger partial charge on any atom is -0.442 e. The van der Waals surface area contributed by atoms with Crippen molar-refractivity contribution in [2.75, 3.05) is 54.4 Å². The molecule has 0 aromatic heterocycles. The molecule has 2 fully saturated rings. The number of anilines is 3. The van der Waals surface area contributed by atoms with Crippen LogP contribution in [0.2, 0.25) is 0 Å². The van der Waals surface area contributed by atoms with E-state index in [9.17, 15) is 31.6 Å². The molecule has 0 aliphatic carbocycles. The molecule has 3 amide bonds. The lowest BCUT2D eigenvalue weighted by Crippen LogP contribution is -2.43. The number of nitrogens with one attached hydrogen (secondary N) is 3. The summed E-state index contributed by atoms with van der Waals surface area (Å²) in [4.78, 5) is 37.3. The van der Waals surface area contributed by atoms with Crippen molar-refractivity contribution in [1.82, 2.24) is 15.2 Å². The fraction of sp³-hybridized carbons (Fsp3) is 0.375. The molecular weight excluding hydrogens is 557 g/mol. The molecule has 4 rings (SSSR count). The summed E-state index contributed by atoms with van der Waals surface area (Å²) < 4.78 is 72.3. The number of hydrogen-bond acceptors (Lipinski definition) is 8. The highest BCUT2D eigenvalue weighted by Gasteiger charge is 2.34. The number of benzene rings is 2. The van der Waals surface area contributed by atoms with Crippen LogP contribution in [0.15, 0.2) is 47.4 Å². The second-order valence-corrected chi connectivity index (χ2v) is 10.8. The van der Waals surface area contributed by atoms with Crippen LogP contribution >= 0.6 is 0 Å². The zero-order chi connectivity index (χ0) is 29.0. The summed E-state index contributed by atoms with van der Waals surface area (Å²) in [5.74, 6) is -2.43. The van der Waals surface area contributed by atoms with Crippen molar-refractivity contribution in [2.24, 2.45) is 0 Å². The van der Waals surface area contributed by atoms with Gasteiger partial charge in [0.2, 0.25) is 5.91 Å². The summed E-state index contributed by atoms with van der Waals surface area (Å²) in [7, 11) is -3.93. The fourth-order valence-corrected chi connectivity index (χ4v) is 5.57. The third kappa shape index (κ3) is 6.63. The lowest BCUT2D eigenvalue weighted by molar-refractivity contribution is -0.132. The number of amides is 3. The first-order valence-electron chi connectivity index (χ1n) is 12.2. The number of cyclic esters (lactones) is 1. The van der Waals surface area contributed by atoms with Crippen molar-refractivity contribution in [3.63, 3.8) is 0 Å². The predicted octanol–water partition coefficient (Wildman–Crippen LogP) is 1.51. The van der Waals surface area contributed by atoms with Crippen LogP contribution in [0.3, 0.4) is 0 Å². The minimum atomic E-state index is -3.93. The Balaban J connectivity index is 1.39. The van der Waals surface area contributed by atoms with Gasteiger partial charge < -0.3 is 20.3 Å². The first kappa shape index (κ1) is 29.1. The smallest absolute Gasteiger partial charge is 0.414 e. The molecule has 16 heteroatoms. The Morgan fingerprint density at radius 1 is 1.12 bits per heavy atom. The van der Waals surface area contributed by atoms with Crippen LogP contribution in [0.1, 0.15) is 6.92 Å². The van der Waals surface area contributed by atoms with Gasteiger partial charge >= 0.3 is 12.5 Å². The third-order valence-corrected chi connectivity index (χ3v) is 7.93. The van der Waals surface area contributed by atoms with Crippen LogP contribution in [0.4, 0.5) is 35.0 Å². The number of carbonyl (C=O) groups is 3. The molecule has 2 saturated heterocycles. The minimum absolute atomic E-state index is 0.00143. The highest BCUT2D eigenvalue weighted by atomic mass is 32.2. The first-order chi connectivity index (χ1) is 19.0. The largest absolute Gasteiger partial charge is 0.442 e. The van der Waals surface area contributed by atoms with Crippen molar-refractivity contribution in [3.8, 4) is 0 Å². The van der Waals surface area contributed by atoms with E-state index in [0.717, 1.165) is 15.4 Å². The molecule has 2 aliphatic heterocycles. The number of halogens is 3. The van der Waals surface area contributed by atoms with Crippen molar-refractivity contribution >= 4 is 45.0 Å². The van der Waals surface area contributed by atoms with E-state index < -0.39 is 40.4 Å². The van der Waals surface area contributed by atoms with Crippen LogP contribution in [0.25, 0.3) is 0 Å². The molecule has 12 nitrogen and oxygen atoms in total. The predicted molar refractivity (Wildman–Crippen MR) is 138 cm³/mol. The molecule has 2 heterocycles. The maximum Gasteiger partial charge on any atom is 0.414 e. The van der Waals surface area contributed by atoms with Gasteiger partial charge in [0.1, 0.15) is 11.9 Å². The first-order valence-corrected chi connectivity index (χ1v) is 13.6. The zero-order valence-corrected chi connectivity index (χ0v) is 22.1. The van der Waals surface area contributed by atoms with E-state index in [-0.39, 0.29) is 61.4 Å². The van der Waals surface area contributed by atoms with Gasteiger partial charge in [-0.15, -0.1) is 4.41 Å². The molecule has 0 bridgehead atoms. The molecule has 1 atom stereocenters. The quantitative estimate of drug-likeness (QED) is 0.424. The molecule has 216 valence electrons. The highest BCUT2D eigenvalue weighted by molar-refractivity contribution is 7.89. The lowest BCUT2D eigenvalue weighted by Gasteiger charge is -2.24. The number of hydrazine groups is 1. The Bertz CT molecular complexity index is 1380. The summed E-state index contributed by atoms with van der Waals surface area (Å²) in [6.07, 6.45) is -4.89. The average molecular weight is 585 g/mol. The molecule has 2 aliphatic rings. The van der Waals surface area contributed by atoms with Crippen molar-refractivity contribution in [2.45, 2.75) is 24.3 Å². The monoisotopic (exact) mass is 584 g/mol. The molecule has 0 spiro atoms. The maximum absolute atomic E-state index is 15.2. The number of hydrogen-bond donors (Lipinski definition) is 3. The fourth-order valence-electron chi connectivity index (χ4n) is 4.25. The van der Waals surface area contributed by atoms with Crippen molar-refractivity contribution in [3.05, 3.63) is 48.3 Å². The second kappa shape index (κ2) is 12.1. The Morgan fingerprint density at radius 2 is 1.85 bits per heavy atom. The van der Waals surface area contributed by atoms with Crippen LogP contribution < -0.4 is 25.9 Å². The summed E-state index contributed by atoms with van der Waals surface area (Å²) in [6.45, 7) is 1.58. The summed E-state index contributed by atoms with van der Waals surface area (Å²) in [5.41, 5.74) is 3.67.